The highest BCUT2D eigenvalue weighted by molar-refractivity contribution is 7.99. The van der Waals surface area contributed by atoms with Crippen LogP contribution in [-0.2, 0) is 9.53 Å². The van der Waals surface area contributed by atoms with E-state index in [1.54, 1.807) is 70.5 Å². The smallest absolute Gasteiger partial charge is 0.338 e. The Bertz CT molecular complexity index is 1840. The molecule has 1 aliphatic heterocycles. The Labute approximate surface area is 244 Å². The number of allylic oxidation sites excluding steroid dienone is 1. The summed E-state index contributed by atoms with van der Waals surface area (Å²) in [4.78, 5) is 41.1. The first-order valence-corrected chi connectivity index (χ1v) is 14.3. The van der Waals surface area contributed by atoms with Gasteiger partial charge in [-0.2, -0.15) is 0 Å². The van der Waals surface area contributed by atoms with Crippen LogP contribution in [0.2, 0.25) is 0 Å². The molecule has 3 aromatic heterocycles. The summed E-state index contributed by atoms with van der Waals surface area (Å²) in [5, 5.41) is 1.15. The van der Waals surface area contributed by atoms with Gasteiger partial charge in [0.05, 0.1) is 36.1 Å². The lowest BCUT2D eigenvalue weighted by Gasteiger charge is -2.26. The number of rotatable bonds is 8. The first-order valence-electron chi connectivity index (χ1n) is 12.7. The maximum atomic E-state index is 14.0. The van der Waals surface area contributed by atoms with Gasteiger partial charge in [0.15, 0.2) is 15.1 Å². The maximum absolute atomic E-state index is 14.0. The molecule has 0 radical (unpaired) electrons. The number of esters is 1. The van der Waals surface area contributed by atoms with Crippen molar-refractivity contribution in [2.24, 2.45) is 4.99 Å². The van der Waals surface area contributed by atoms with Gasteiger partial charge in [-0.1, -0.05) is 11.3 Å². The van der Waals surface area contributed by atoms with E-state index in [4.69, 9.17) is 18.6 Å². The highest BCUT2D eigenvalue weighted by Crippen LogP contribution is 2.38. The van der Waals surface area contributed by atoms with E-state index in [1.807, 2.05) is 13.0 Å². The second kappa shape index (κ2) is 11.8. The van der Waals surface area contributed by atoms with Gasteiger partial charge in [0.1, 0.15) is 23.3 Å². The molecular formula is C29H28N4O6S2. The Kier molecular flexibility index (Phi) is 8.13. The number of fused-ring (bicyclic) bond motifs is 1. The van der Waals surface area contributed by atoms with E-state index < -0.39 is 12.0 Å². The normalized spacial score (nSPS) is 15.1. The second-order valence-electron chi connectivity index (χ2n) is 9.38. The molecule has 4 heterocycles. The van der Waals surface area contributed by atoms with Crippen molar-refractivity contribution >= 4 is 35.1 Å². The number of carbonyl (C=O) groups excluding carboxylic acids is 1. The molecule has 0 N–H and O–H groups in total. The van der Waals surface area contributed by atoms with Gasteiger partial charge in [0.2, 0.25) is 0 Å². The zero-order valence-electron chi connectivity index (χ0n) is 23.3. The van der Waals surface area contributed by atoms with Gasteiger partial charge in [0.25, 0.3) is 5.56 Å². The average Bonchev–Trinajstić information content (AvgIpc) is 3.50. The summed E-state index contributed by atoms with van der Waals surface area (Å²) < 4.78 is 24.5. The summed E-state index contributed by atoms with van der Waals surface area (Å²) in [7, 11) is 3.08. The molecule has 1 aromatic carbocycles. The largest absolute Gasteiger partial charge is 0.497 e. The molecule has 41 heavy (non-hydrogen) atoms. The lowest BCUT2D eigenvalue weighted by molar-refractivity contribution is -0.143. The Morgan fingerprint density at radius 1 is 1.15 bits per heavy atom. The van der Waals surface area contributed by atoms with E-state index in [-0.39, 0.29) is 17.2 Å². The molecule has 0 saturated carbocycles. The number of aromatic nitrogens is 3. The molecule has 0 bridgehead atoms. The first kappa shape index (κ1) is 28.4. The quantitative estimate of drug-likeness (QED) is 0.221. The van der Waals surface area contributed by atoms with Crippen molar-refractivity contribution < 1.29 is 23.4 Å². The summed E-state index contributed by atoms with van der Waals surface area (Å²) in [5.41, 5.74) is 1.79. The zero-order valence-corrected chi connectivity index (χ0v) is 25.0. The summed E-state index contributed by atoms with van der Waals surface area (Å²) >= 11 is 2.49. The summed E-state index contributed by atoms with van der Waals surface area (Å²) in [6.07, 6.45) is 2.99. The van der Waals surface area contributed by atoms with Gasteiger partial charge in [-0.15, -0.1) is 0 Å². The van der Waals surface area contributed by atoms with Crippen molar-refractivity contribution in [3.05, 3.63) is 90.6 Å². The monoisotopic (exact) mass is 592 g/mol. The molecule has 1 aliphatic rings. The van der Waals surface area contributed by atoms with Crippen molar-refractivity contribution in [2.45, 2.75) is 50.1 Å². The van der Waals surface area contributed by atoms with Crippen LogP contribution in [-0.4, -0.2) is 40.8 Å². The predicted molar refractivity (Wildman–Crippen MR) is 154 cm³/mol. The summed E-state index contributed by atoms with van der Waals surface area (Å²) in [5.74, 6) is 0.959. The molecular weight excluding hydrogens is 564 g/mol. The third kappa shape index (κ3) is 5.84. The Hall–Kier alpha value is -4.16. The molecule has 0 spiro atoms. The van der Waals surface area contributed by atoms with Crippen LogP contribution in [0.5, 0.6) is 11.5 Å². The second-order valence-corrected chi connectivity index (χ2v) is 11.4. The van der Waals surface area contributed by atoms with Gasteiger partial charge >= 0.3 is 5.97 Å². The molecule has 1 atom stereocenters. The van der Waals surface area contributed by atoms with Crippen molar-refractivity contribution in [2.75, 3.05) is 14.2 Å². The summed E-state index contributed by atoms with van der Waals surface area (Å²) in [6, 6.07) is 9.79. The van der Waals surface area contributed by atoms with Crippen LogP contribution in [0.3, 0.4) is 0 Å². The molecule has 0 aliphatic carbocycles. The number of ether oxygens (including phenoxy) is 3. The Morgan fingerprint density at radius 3 is 2.66 bits per heavy atom. The fourth-order valence-electron chi connectivity index (χ4n) is 4.37. The van der Waals surface area contributed by atoms with Crippen molar-refractivity contribution in [1.82, 2.24) is 14.5 Å². The zero-order chi connectivity index (χ0) is 29.3. The van der Waals surface area contributed by atoms with Crippen molar-refractivity contribution in [3.8, 4) is 11.5 Å². The number of aryl methyl sites for hydroxylation is 1. The summed E-state index contributed by atoms with van der Waals surface area (Å²) in [6.45, 7) is 7.16. The molecule has 0 amide bonds. The number of hydrogen-bond donors (Lipinski definition) is 0. The fraction of sp³-hybridized carbons (Fsp3) is 0.276. The minimum Gasteiger partial charge on any atom is -0.497 e. The molecule has 0 unspecified atom stereocenters. The number of methoxy groups -OCH3 is 2. The molecule has 10 nitrogen and oxygen atoms in total. The van der Waals surface area contributed by atoms with Crippen molar-refractivity contribution in [1.29, 1.82) is 0 Å². The van der Waals surface area contributed by atoms with Gasteiger partial charge in [-0.25, -0.2) is 19.8 Å². The van der Waals surface area contributed by atoms with E-state index in [2.05, 4.69) is 15.0 Å². The average molecular weight is 593 g/mol. The molecule has 12 heteroatoms. The van der Waals surface area contributed by atoms with Crippen LogP contribution in [0.1, 0.15) is 43.8 Å². The van der Waals surface area contributed by atoms with E-state index >= 15 is 0 Å². The lowest BCUT2D eigenvalue weighted by Crippen LogP contribution is -2.40. The van der Waals surface area contributed by atoms with Gasteiger partial charge in [-0.3, -0.25) is 9.36 Å². The lowest BCUT2D eigenvalue weighted by atomic mass is 9.94. The van der Waals surface area contributed by atoms with Gasteiger partial charge < -0.3 is 18.6 Å². The minimum absolute atomic E-state index is 0.249. The number of nitrogens with zero attached hydrogens (tertiary/aromatic N) is 4. The minimum atomic E-state index is -0.856. The molecule has 212 valence electrons. The van der Waals surface area contributed by atoms with Crippen LogP contribution in [0.15, 0.2) is 78.3 Å². The van der Waals surface area contributed by atoms with Gasteiger partial charge in [-0.05, 0) is 75.9 Å². The van der Waals surface area contributed by atoms with Crippen LogP contribution < -0.4 is 24.4 Å². The van der Waals surface area contributed by atoms with Crippen LogP contribution in [0.25, 0.3) is 6.08 Å². The topological polar surface area (TPSA) is 118 Å². The van der Waals surface area contributed by atoms with Crippen LogP contribution in [0.4, 0.5) is 0 Å². The van der Waals surface area contributed by atoms with E-state index in [0.717, 1.165) is 5.69 Å². The third-order valence-corrected chi connectivity index (χ3v) is 7.94. The van der Waals surface area contributed by atoms with E-state index in [1.165, 1.54) is 34.8 Å². The van der Waals surface area contributed by atoms with Gasteiger partial charge in [0, 0.05) is 23.5 Å². The van der Waals surface area contributed by atoms with Crippen LogP contribution in [0, 0.1) is 6.92 Å². The Morgan fingerprint density at radius 2 is 1.95 bits per heavy atom. The standard InChI is InChI=1S/C29H28N4O6S2/c1-15(2)38-27(35)24-17(4)32-29-33(25(24)20-13-18(36-5)7-9-21(20)37-6)26(34)22(40-29)14-19-8-10-23(39-19)41-28-30-12-11-16(3)31-28/h7-15,25H,1-6H3/b22-14-/t25-/m0/s1. The number of thiazole rings is 1. The molecule has 0 saturated heterocycles. The highest BCUT2D eigenvalue weighted by atomic mass is 32.2. The van der Waals surface area contributed by atoms with Crippen LogP contribution >= 0.6 is 23.1 Å². The molecule has 5 rings (SSSR count). The van der Waals surface area contributed by atoms with E-state index in [9.17, 15) is 9.59 Å². The number of hydrogen-bond acceptors (Lipinski definition) is 11. The fourth-order valence-corrected chi connectivity index (χ4v) is 6.15. The molecule has 0 fully saturated rings. The molecule has 4 aromatic rings. The van der Waals surface area contributed by atoms with Crippen molar-refractivity contribution in [3.63, 3.8) is 0 Å². The maximum Gasteiger partial charge on any atom is 0.338 e. The number of carbonyl (C=O) groups is 1. The SMILES string of the molecule is COc1ccc(OC)c([C@H]2C(C(=O)OC(C)C)=C(C)N=c3s/c(=C\c4ccc(Sc5nccc(C)n5)o4)c(=O)n32)c1. The highest BCUT2D eigenvalue weighted by Gasteiger charge is 2.35. The number of benzene rings is 1. The van der Waals surface area contributed by atoms with E-state index in [0.29, 0.717) is 48.1 Å². The first-order chi connectivity index (χ1) is 19.7. The Balaban J connectivity index is 1.63. The third-order valence-electron chi connectivity index (χ3n) is 6.16. The predicted octanol–water partition coefficient (Wildman–Crippen LogP) is 4.05. The number of furan rings is 1.